The maximum atomic E-state index is 11.3. The first-order valence-corrected chi connectivity index (χ1v) is 6.54. The van der Waals surface area contributed by atoms with Crippen molar-refractivity contribution in [1.82, 2.24) is 5.32 Å². The van der Waals surface area contributed by atoms with Crippen molar-refractivity contribution >= 4 is 30.1 Å². The molecule has 0 unspecified atom stereocenters. The zero-order chi connectivity index (χ0) is 11.1. The fourth-order valence-corrected chi connectivity index (χ4v) is 2.47. The summed E-state index contributed by atoms with van der Waals surface area (Å²) in [6.07, 6.45) is 4.54. The molecule has 0 aromatic heterocycles. The Hall–Kier alpha value is 0.0300. The van der Waals surface area contributed by atoms with Crippen LogP contribution in [0.5, 0.6) is 0 Å². The van der Waals surface area contributed by atoms with Gasteiger partial charge in [0, 0.05) is 37.5 Å². The largest absolute Gasteiger partial charge is 0.381 e. The van der Waals surface area contributed by atoms with Crippen LogP contribution in [-0.4, -0.2) is 43.2 Å². The molecule has 1 aliphatic rings. The van der Waals surface area contributed by atoms with Gasteiger partial charge >= 0.3 is 0 Å². The van der Waals surface area contributed by atoms with E-state index < -0.39 is 0 Å². The fourth-order valence-electron chi connectivity index (χ4n) is 1.68. The van der Waals surface area contributed by atoms with Gasteiger partial charge in [0.25, 0.3) is 0 Å². The van der Waals surface area contributed by atoms with Gasteiger partial charge < -0.3 is 15.8 Å². The highest BCUT2D eigenvalue weighted by Crippen LogP contribution is 2.32. The molecule has 0 aromatic carbocycles. The van der Waals surface area contributed by atoms with Crippen LogP contribution in [0.2, 0.25) is 0 Å². The van der Waals surface area contributed by atoms with Crippen LogP contribution in [0.25, 0.3) is 0 Å². The zero-order valence-electron chi connectivity index (χ0n) is 9.66. The first kappa shape index (κ1) is 16.0. The maximum Gasteiger partial charge on any atom is 0.221 e. The van der Waals surface area contributed by atoms with Crippen LogP contribution >= 0.6 is 24.2 Å². The minimum absolute atomic E-state index is 0. The molecule has 3 N–H and O–H groups in total. The summed E-state index contributed by atoms with van der Waals surface area (Å²) in [7, 11) is 0. The number of nitrogens with two attached hydrogens (primary N) is 1. The molecule has 0 aromatic rings. The Balaban J connectivity index is 0.00000225. The monoisotopic (exact) mass is 268 g/mol. The van der Waals surface area contributed by atoms with E-state index in [-0.39, 0.29) is 23.1 Å². The van der Waals surface area contributed by atoms with Gasteiger partial charge in [0.05, 0.1) is 0 Å². The summed E-state index contributed by atoms with van der Waals surface area (Å²) in [5.74, 6) is 0.0532. The molecule has 0 spiro atoms. The number of amides is 1. The van der Waals surface area contributed by atoms with Crippen molar-refractivity contribution in [2.24, 2.45) is 5.73 Å². The summed E-state index contributed by atoms with van der Waals surface area (Å²) < 4.78 is 5.50. The van der Waals surface area contributed by atoms with Gasteiger partial charge in [-0.3, -0.25) is 4.79 Å². The number of ether oxygens (including phenoxy) is 1. The highest BCUT2D eigenvalue weighted by Gasteiger charge is 2.31. The molecule has 16 heavy (non-hydrogen) atoms. The van der Waals surface area contributed by atoms with Gasteiger partial charge in [-0.2, -0.15) is 11.8 Å². The van der Waals surface area contributed by atoms with Gasteiger partial charge in [0.15, 0.2) is 0 Å². The second-order valence-electron chi connectivity index (χ2n) is 3.81. The van der Waals surface area contributed by atoms with E-state index in [1.807, 2.05) is 11.8 Å². The third-order valence-electron chi connectivity index (χ3n) is 2.82. The molecule has 4 nitrogen and oxygen atoms in total. The second kappa shape index (κ2) is 8.17. The normalized spacial score (nSPS) is 18.6. The molecule has 0 radical (unpaired) electrons. The van der Waals surface area contributed by atoms with Crippen molar-refractivity contribution in [3.05, 3.63) is 0 Å². The molecule has 1 heterocycles. The maximum absolute atomic E-state index is 11.3. The molecule has 1 rings (SSSR count). The lowest BCUT2D eigenvalue weighted by atomic mass is 9.99. The first-order valence-electron chi connectivity index (χ1n) is 5.32. The van der Waals surface area contributed by atoms with Crippen molar-refractivity contribution in [3.8, 4) is 0 Å². The first-order chi connectivity index (χ1) is 7.22. The van der Waals surface area contributed by atoms with Gasteiger partial charge in [0.2, 0.25) is 5.91 Å². The highest BCUT2D eigenvalue weighted by atomic mass is 35.5. The molecule has 0 atom stereocenters. The number of thioether (sulfide) groups is 1. The van der Waals surface area contributed by atoms with Crippen LogP contribution in [-0.2, 0) is 9.53 Å². The summed E-state index contributed by atoms with van der Waals surface area (Å²) in [4.78, 5) is 11.3. The third kappa shape index (κ3) is 4.91. The Labute approximate surface area is 107 Å². The summed E-state index contributed by atoms with van der Waals surface area (Å²) in [6, 6.07) is 0. The number of carbonyl (C=O) groups is 1. The van der Waals surface area contributed by atoms with Crippen molar-refractivity contribution in [2.45, 2.75) is 24.0 Å². The van der Waals surface area contributed by atoms with Gasteiger partial charge in [0.1, 0.15) is 0 Å². The Kier molecular flexibility index (Phi) is 8.18. The lowest BCUT2D eigenvalue weighted by molar-refractivity contribution is -0.121. The lowest BCUT2D eigenvalue weighted by Crippen LogP contribution is -2.44. The predicted octanol–water partition coefficient (Wildman–Crippen LogP) is 0.785. The summed E-state index contributed by atoms with van der Waals surface area (Å²) >= 11 is 1.83. The van der Waals surface area contributed by atoms with E-state index in [2.05, 4.69) is 11.6 Å². The van der Waals surface area contributed by atoms with Crippen LogP contribution < -0.4 is 11.1 Å². The van der Waals surface area contributed by atoms with E-state index in [1.165, 1.54) is 0 Å². The van der Waals surface area contributed by atoms with Crippen LogP contribution in [0.3, 0.4) is 0 Å². The van der Waals surface area contributed by atoms with Gasteiger partial charge in [-0.05, 0) is 19.1 Å². The van der Waals surface area contributed by atoms with Crippen molar-refractivity contribution in [1.29, 1.82) is 0 Å². The Bertz CT molecular complexity index is 211. The highest BCUT2D eigenvalue weighted by molar-refractivity contribution is 8.00. The summed E-state index contributed by atoms with van der Waals surface area (Å²) in [6.45, 7) is 2.75. The number of hydrogen-bond donors (Lipinski definition) is 2. The average molecular weight is 269 g/mol. The zero-order valence-corrected chi connectivity index (χ0v) is 11.3. The average Bonchev–Trinajstić information content (AvgIpc) is 2.28. The smallest absolute Gasteiger partial charge is 0.221 e. The number of carbonyl (C=O) groups excluding carboxylic acids is 1. The number of rotatable bonds is 5. The van der Waals surface area contributed by atoms with Gasteiger partial charge in [-0.1, -0.05) is 0 Å². The van der Waals surface area contributed by atoms with Crippen LogP contribution in [0.15, 0.2) is 0 Å². The Morgan fingerprint density at radius 2 is 2.12 bits per heavy atom. The van der Waals surface area contributed by atoms with Crippen molar-refractivity contribution < 1.29 is 9.53 Å². The van der Waals surface area contributed by atoms with E-state index in [0.717, 1.165) is 32.6 Å². The number of hydrogen-bond acceptors (Lipinski definition) is 4. The molecule has 1 aliphatic heterocycles. The van der Waals surface area contributed by atoms with E-state index >= 15 is 0 Å². The number of halogens is 1. The molecule has 0 aliphatic carbocycles. The Morgan fingerprint density at radius 1 is 1.50 bits per heavy atom. The molecule has 1 amide bonds. The second-order valence-corrected chi connectivity index (χ2v) is 5.09. The quantitative estimate of drug-likeness (QED) is 0.774. The van der Waals surface area contributed by atoms with Crippen LogP contribution in [0, 0.1) is 0 Å². The summed E-state index contributed by atoms with van der Waals surface area (Å²) in [5, 5.41) is 2.95. The van der Waals surface area contributed by atoms with E-state index in [0.29, 0.717) is 13.0 Å². The van der Waals surface area contributed by atoms with Gasteiger partial charge in [-0.25, -0.2) is 0 Å². The molecule has 1 fully saturated rings. The molecule has 6 heteroatoms. The molecule has 0 saturated carbocycles. The van der Waals surface area contributed by atoms with E-state index in [1.54, 1.807) is 0 Å². The topological polar surface area (TPSA) is 64.4 Å². The van der Waals surface area contributed by atoms with Crippen molar-refractivity contribution in [2.75, 3.05) is 32.6 Å². The molecular weight excluding hydrogens is 248 g/mol. The fraction of sp³-hybridized carbons (Fsp3) is 0.900. The van der Waals surface area contributed by atoms with Gasteiger partial charge in [-0.15, -0.1) is 12.4 Å². The molecular formula is C10H21ClN2O2S. The van der Waals surface area contributed by atoms with Crippen LogP contribution in [0.4, 0.5) is 0 Å². The van der Waals surface area contributed by atoms with Crippen molar-refractivity contribution in [3.63, 3.8) is 0 Å². The lowest BCUT2D eigenvalue weighted by Gasteiger charge is -2.35. The van der Waals surface area contributed by atoms with E-state index in [9.17, 15) is 4.79 Å². The standard InChI is InChI=1S/C10H20N2O2S.ClH/c1-15-10(3-6-14-7-4-10)8-12-9(13)2-5-11;/h2-8,11H2,1H3,(H,12,13);1H. The predicted molar refractivity (Wildman–Crippen MR) is 70.2 cm³/mol. The van der Waals surface area contributed by atoms with E-state index in [4.69, 9.17) is 10.5 Å². The SMILES string of the molecule is CSC1(CNC(=O)CCN)CCOCC1.Cl. The molecule has 1 saturated heterocycles. The minimum atomic E-state index is 0. The Morgan fingerprint density at radius 3 is 2.62 bits per heavy atom. The summed E-state index contributed by atoms with van der Waals surface area (Å²) in [5.41, 5.74) is 5.32. The molecule has 0 bridgehead atoms. The minimum Gasteiger partial charge on any atom is -0.381 e. The number of nitrogens with one attached hydrogen (secondary N) is 1. The van der Waals surface area contributed by atoms with Crippen LogP contribution in [0.1, 0.15) is 19.3 Å². The molecule has 96 valence electrons. The third-order valence-corrected chi connectivity index (χ3v) is 4.23.